The molecule has 35 heavy (non-hydrogen) atoms. The monoisotopic (exact) mass is 489 g/mol. The average molecular weight is 490 g/mol. The van der Waals surface area contributed by atoms with Crippen LogP contribution in [0, 0.1) is 6.92 Å². The number of unbranched alkanes of at least 4 members (excludes halogenated alkanes) is 2. The highest BCUT2D eigenvalue weighted by Crippen LogP contribution is 2.42. The summed E-state index contributed by atoms with van der Waals surface area (Å²) in [5.74, 6) is 0.364. The van der Waals surface area contributed by atoms with E-state index >= 15 is 0 Å². The van der Waals surface area contributed by atoms with E-state index in [0.29, 0.717) is 40.4 Å². The highest BCUT2D eigenvalue weighted by atomic mass is 32.1. The molecule has 4 aromatic rings. The van der Waals surface area contributed by atoms with Crippen LogP contribution in [-0.4, -0.2) is 22.7 Å². The molecule has 2 aromatic carbocycles. The van der Waals surface area contributed by atoms with Crippen molar-refractivity contribution in [1.82, 2.24) is 10.2 Å². The van der Waals surface area contributed by atoms with E-state index in [0.717, 1.165) is 35.4 Å². The predicted molar refractivity (Wildman–Crippen MR) is 137 cm³/mol. The maximum atomic E-state index is 13.8. The highest BCUT2D eigenvalue weighted by Gasteiger charge is 2.45. The topological polar surface area (TPSA) is 85.5 Å². The number of aryl methyl sites for hydroxylation is 2. The van der Waals surface area contributed by atoms with E-state index in [2.05, 4.69) is 17.1 Å². The smallest absolute Gasteiger partial charge is 0.297 e. The molecule has 0 saturated heterocycles. The molecule has 180 valence electrons. The van der Waals surface area contributed by atoms with Crippen LogP contribution in [0.3, 0.4) is 0 Å². The van der Waals surface area contributed by atoms with Crippen LogP contribution in [0.5, 0.6) is 5.75 Å². The summed E-state index contributed by atoms with van der Waals surface area (Å²) in [4.78, 5) is 29.0. The number of ether oxygens (including phenoxy) is 1. The van der Waals surface area contributed by atoms with Gasteiger partial charge in [0, 0.05) is 0 Å². The van der Waals surface area contributed by atoms with E-state index in [-0.39, 0.29) is 11.2 Å². The molecule has 2 aromatic heterocycles. The number of carbonyl (C=O) groups is 1. The summed E-state index contributed by atoms with van der Waals surface area (Å²) in [6.07, 6.45) is 3.89. The summed E-state index contributed by atoms with van der Waals surface area (Å²) in [7, 11) is 0. The van der Waals surface area contributed by atoms with E-state index in [1.807, 2.05) is 44.2 Å². The molecule has 5 rings (SSSR count). The Morgan fingerprint density at radius 2 is 1.94 bits per heavy atom. The summed E-state index contributed by atoms with van der Waals surface area (Å²) in [6.45, 7) is 6.68. The second-order valence-electron chi connectivity index (χ2n) is 8.71. The minimum atomic E-state index is -0.685. The summed E-state index contributed by atoms with van der Waals surface area (Å²) in [5.41, 5.74) is 2.22. The number of benzene rings is 2. The Bertz CT molecular complexity index is 1460. The fourth-order valence-corrected chi connectivity index (χ4v) is 5.21. The van der Waals surface area contributed by atoms with Gasteiger partial charge in [-0.3, -0.25) is 14.5 Å². The van der Waals surface area contributed by atoms with E-state index in [1.165, 1.54) is 16.2 Å². The van der Waals surface area contributed by atoms with Gasteiger partial charge in [-0.1, -0.05) is 61.8 Å². The Hall–Kier alpha value is -3.52. The van der Waals surface area contributed by atoms with E-state index in [9.17, 15) is 9.59 Å². The summed E-state index contributed by atoms with van der Waals surface area (Å²) in [6, 6.07) is 12.3. The fraction of sp³-hybridized carbons (Fsp3) is 0.333. The Labute approximate surface area is 207 Å². The molecular formula is C27H27N3O4S. The Morgan fingerprint density at radius 3 is 2.71 bits per heavy atom. The minimum absolute atomic E-state index is 0.0545. The van der Waals surface area contributed by atoms with Gasteiger partial charge < -0.3 is 9.15 Å². The molecule has 1 amide bonds. The van der Waals surface area contributed by atoms with Crippen LogP contribution in [0.1, 0.15) is 71.4 Å². The second kappa shape index (κ2) is 9.62. The first-order valence-corrected chi connectivity index (χ1v) is 12.8. The van der Waals surface area contributed by atoms with Gasteiger partial charge in [0.1, 0.15) is 16.3 Å². The van der Waals surface area contributed by atoms with Gasteiger partial charge in [-0.05, 0) is 49.6 Å². The zero-order valence-corrected chi connectivity index (χ0v) is 20.9. The molecule has 1 aliphatic heterocycles. The van der Waals surface area contributed by atoms with Crippen molar-refractivity contribution in [2.75, 3.05) is 11.5 Å². The number of rotatable bonds is 8. The third-order valence-corrected chi connectivity index (χ3v) is 7.25. The number of hydrogen-bond acceptors (Lipinski definition) is 7. The third kappa shape index (κ3) is 4.23. The predicted octanol–water partition coefficient (Wildman–Crippen LogP) is 5.83. The van der Waals surface area contributed by atoms with Gasteiger partial charge >= 0.3 is 0 Å². The first-order chi connectivity index (χ1) is 17.0. The number of aromatic nitrogens is 2. The molecule has 3 heterocycles. The van der Waals surface area contributed by atoms with E-state index in [1.54, 1.807) is 12.1 Å². The van der Waals surface area contributed by atoms with E-state index < -0.39 is 11.9 Å². The number of hydrogen-bond donors (Lipinski definition) is 0. The van der Waals surface area contributed by atoms with Gasteiger partial charge in [-0.15, -0.1) is 10.2 Å². The normalized spacial score (nSPS) is 15.1. The van der Waals surface area contributed by atoms with Crippen LogP contribution < -0.4 is 15.1 Å². The van der Waals surface area contributed by atoms with Gasteiger partial charge in [0.25, 0.3) is 5.91 Å². The summed E-state index contributed by atoms with van der Waals surface area (Å²) < 4.78 is 12.0. The van der Waals surface area contributed by atoms with Crippen LogP contribution in [0.25, 0.3) is 11.0 Å². The molecule has 7 nitrogen and oxygen atoms in total. The number of amides is 1. The zero-order valence-electron chi connectivity index (χ0n) is 20.0. The molecule has 0 radical (unpaired) electrons. The van der Waals surface area contributed by atoms with Crippen molar-refractivity contribution in [2.45, 2.75) is 52.5 Å². The quantitative estimate of drug-likeness (QED) is 0.289. The maximum absolute atomic E-state index is 13.8. The van der Waals surface area contributed by atoms with Crippen molar-refractivity contribution in [3.8, 4) is 5.75 Å². The van der Waals surface area contributed by atoms with Crippen LogP contribution in [0.4, 0.5) is 5.13 Å². The summed E-state index contributed by atoms with van der Waals surface area (Å²) in [5, 5.41) is 10.2. The van der Waals surface area contributed by atoms with Crippen molar-refractivity contribution >= 4 is 33.3 Å². The van der Waals surface area contributed by atoms with Crippen molar-refractivity contribution in [3.63, 3.8) is 0 Å². The zero-order chi connectivity index (χ0) is 24.5. The lowest BCUT2D eigenvalue weighted by Crippen LogP contribution is -2.29. The van der Waals surface area contributed by atoms with Gasteiger partial charge in [0.15, 0.2) is 5.43 Å². The standard InChI is InChI=1S/C27H27N3O4S/c1-4-6-7-13-33-18-10-8-9-17(15-18)23-22-24(31)19-14-16(3)11-12-20(19)34-25(22)26(32)30(23)27-29-28-21(5-2)35-27/h8-12,14-15,23H,4-7,13H2,1-3H3. The van der Waals surface area contributed by atoms with Crippen LogP contribution in [0.2, 0.25) is 0 Å². The lowest BCUT2D eigenvalue weighted by Gasteiger charge is -2.22. The van der Waals surface area contributed by atoms with Crippen molar-refractivity contribution in [3.05, 3.63) is 80.1 Å². The van der Waals surface area contributed by atoms with Crippen molar-refractivity contribution < 1.29 is 13.9 Å². The van der Waals surface area contributed by atoms with Crippen LogP contribution in [0.15, 0.2) is 51.7 Å². The lowest BCUT2D eigenvalue weighted by molar-refractivity contribution is 0.0970. The number of anilines is 1. The number of carbonyl (C=O) groups excluding carboxylic acids is 1. The Morgan fingerprint density at radius 1 is 1.09 bits per heavy atom. The third-order valence-electron chi connectivity index (χ3n) is 6.18. The molecule has 1 aliphatic rings. The first-order valence-electron chi connectivity index (χ1n) is 12.0. The molecule has 0 aliphatic carbocycles. The first kappa shape index (κ1) is 23.2. The lowest BCUT2D eigenvalue weighted by atomic mass is 9.98. The van der Waals surface area contributed by atoms with Crippen LogP contribution >= 0.6 is 11.3 Å². The molecule has 1 atom stereocenters. The molecule has 0 spiro atoms. The average Bonchev–Trinajstić information content (AvgIpc) is 3.45. The Kier molecular flexibility index (Phi) is 6.38. The summed E-state index contributed by atoms with van der Waals surface area (Å²) >= 11 is 1.35. The number of nitrogens with zero attached hydrogens (tertiary/aromatic N) is 3. The molecule has 0 N–H and O–H groups in total. The van der Waals surface area contributed by atoms with E-state index in [4.69, 9.17) is 9.15 Å². The minimum Gasteiger partial charge on any atom is -0.494 e. The Balaban J connectivity index is 1.66. The molecule has 0 saturated carbocycles. The molecular weight excluding hydrogens is 462 g/mol. The second-order valence-corrected chi connectivity index (χ2v) is 9.75. The highest BCUT2D eigenvalue weighted by molar-refractivity contribution is 7.15. The van der Waals surface area contributed by atoms with Crippen LogP contribution in [-0.2, 0) is 6.42 Å². The van der Waals surface area contributed by atoms with Gasteiger partial charge in [0.05, 0.1) is 23.6 Å². The molecule has 0 bridgehead atoms. The fourth-order valence-electron chi connectivity index (χ4n) is 4.40. The SMILES string of the molecule is CCCCCOc1cccc(C2c3c(oc4ccc(C)cc4c3=O)C(=O)N2c2nnc(CC)s2)c1. The van der Waals surface area contributed by atoms with Crippen molar-refractivity contribution in [2.24, 2.45) is 0 Å². The molecule has 8 heteroatoms. The van der Waals surface area contributed by atoms with Gasteiger partial charge in [0.2, 0.25) is 10.9 Å². The van der Waals surface area contributed by atoms with Crippen molar-refractivity contribution in [1.29, 1.82) is 0 Å². The number of fused-ring (bicyclic) bond motifs is 2. The molecule has 0 fully saturated rings. The molecule has 1 unspecified atom stereocenters. The maximum Gasteiger partial charge on any atom is 0.297 e. The van der Waals surface area contributed by atoms with Gasteiger partial charge in [-0.25, -0.2) is 0 Å². The largest absolute Gasteiger partial charge is 0.494 e. The van der Waals surface area contributed by atoms with Gasteiger partial charge in [-0.2, -0.15) is 0 Å².